The van der Waals surface area contributed by atoms with E-state index in [9.17, 15) is 9.90 Å². The van der Waals surface area contributed by atoms with Crippen LogP contribution >= 0.6 is 0 Å². The lowest BCUT2D eigenvalue weighted by Crippen LogP contribution is -2.44. The lowest BCUT2D eigenvalue weighted by molar-refractivity contribution is -0.00850. The van der Waals surface area contributed by atoms with Crippen molar-refractivity contribution < 1.29 is 14.6 Å². The van der Waals surface area contributed by atoms with E-state index in [0.29, 0.717) is 6.54 Å². The predicted octanol–water partition coefficient (Wildman–Crippen LogP) is 2.21. The van der Waals surface area contributed by atoms with Gasteiger partial charge in [0.05, 0.1) is 6.10 Å². The summed E-state index contributed by atoms with van der Waals surface area (Å²) in [6.45, 7) is 5.23. The standard InChI is InChI=1S/C15H22N2O3/c1-11(2)17(10-12-6-3-4-9-20-12)15(19)14-13(18)7-5-8-16-14/h5,7-8,11-12,18H,3-4,6,9-10H2,1-2H3/t12-/m1/s1. The van der Waals surface area contributed by atoms with Crippen LogP contribution < -0.4 is 0 Å². The van der Waals surface area contributed by atoms with Crippen LogP contribution in [0.2, 0.25) is 0 Å². The largest absolute Gasteiger partial charge is 0.505 e. The number of carbonyl (C=O) groups excluding carboxylic acids is 1. The molecule has 20 heavy (non-hydrogen) atoms. The molecule has 2 rings (SSSR count). The van der Waals surface area contributed by atoms with Crippen LogP contribution in [0, 0.1) is 0 Å². The van der Waals surface area contributed by atoms with Crippen molar-refractivity contribution in [2.75, 3.05) is 13.2 Å². The molecular formula is C15H22N2O3. The first kappa shape index (κ1) is 14.8. The van der Waals surface area contributed by atoms with Crippen LogP contribution in [-0.4, -0.2) is 46.2 Å². The molecule has 0 bridgehead atoms. The van der Waals surface area contributed by atoms with Gasteiger partial charge in [-0.2, -0.15) is 0 Å². The van der Waals surface area contributed by atoms with Crippen molar-refractivity contribution in [2.45, 2.75) is 45.3 Å². The average molecular weight is 278 g/mol. The fourth-order valence-electron chi connectivity index (χ4n) is 2.40. The molecule has 1 fully saturated rings. The topological polar surface area (TPSA) is 62.7 Å². The van der Waals surface area contributed by atoms with Gasteiger partial charge >= 0.3 is 0 Å². The molecule has 0 saturated carbocycles. The van der Waals surface area contributed by atoms with Crippen LogP contribution in [0.1, 0.15) is 43.6 Å². The first-order valence-electron chi connectivity index (χ1n) is 7.16. The monoisotopic (exact) mass is 278 g/mol. The summed E-state index contributed by atoms with van der Waals surface area (Å²) in [5.74, 6) is -0.319. The third kappa shape index (κ3) is 3.48. The molecule has 1 amide bonds. The quantitative estimate of drug-likeness (QED) is 0.917. The van der Waals surface area contributed by atoms with Crippen molar-refractivity contribution >= 4 is 5.91 Å². The molecule has 2 heterocycles. The van der Waals surface area contributed by atoms with Gasteiger partial charge in [-0.25, -0.2) is 4.98 Å². The minimum Gasteiger partial charge on any atom is -0.505 e. The lowest BCUT2D eigenvalue weighted by Gasteiger charge is -2.32. The van der Waals surface area contributed by atoms with Crippen LogP contribution in [0.4, 0.5) is 0 Å². The van der Waals surface area contributed by atoms with Gasteiger partial charge in [0.1, 0.15) is 5.75 Å². The highest BCUT2D eigenvalue weighted by Crippen LogP contribution is 2.19. The molecule has 0 unspecified atom stereocenters. The van der Waals surface area contributed by atoms with Gasteiger partial charge in [-0.3, -0.25) is 4.79 Å². The van der Waals surface area contributed by atoms with E-state index >= 15 is 0 Å². The molecule has 1 aliphatic rings. The smallest absolute Gasteiger partial charge is 0.276 e. The van der Waals surface area contributed by atoms with Crippen LogP contribution in [0.3, 0.4) is 0 Å². The van der Waals surface area contributed by atoms with Crippen molar-refractivity contribution in [3.05, 3.63) is 24.0 Å². The maximum atomic E-state index is 12.5. The van der Waals surface area contributed by atoms with E-state index in [1.54, 1.807) is 11.0 Å². The van der Waals surface area contributed by atoms with Crippen LogP contribution in [-0.2, 0) is 4.74 Å². The van der Waals surface area contributed by atoms with Gasteiger partial charge in [-0.15, -0.1) is 0 Å². The molecule has 1 aromatic heterocycles. The summed E-state index contributed by atoms with van der Waals surface area (Å²) < 4.78 is 5.70. The number of nitrogens with zero attached hydrogens (tertiary/aromatic N) is 2. The molecule has 0 radical (unpaired) electrons. The number of rotatable bonds is 4. The Morgan fingerprint density at radius 3 is 2.95 bits per heavy atom. The lowest BCUT2D eigenvalue weighted by atomic mass is 10.1. The van der Waals surface area contributed by atoms with Crippen LogP contribution in [0.5, 0.6) is 5.75 Å². The molecule has 0 spiro atoms. The van der Waals surface area contributed by atoms with Gasteiger partial charge in [0, 0.05) is 25.4 Å². The van der Waals surface area contributed by atoms with E-state index in [1.807, 2.05) is 13.8 Å². The van der Waals surface area contributed by atoms with Crippen LogP contribution in [0.25, 0.3) is 0 Å². The normalized spacial score (nSPS) is 19.1. The van der Waals surface area contributed by atoms with Crippen molar-refractivity contribution in [2.24, 2.45) is 0 Å². The number of pyridine rings is 1. The van der Waals surface area contributed by atoms with E-state index in [2.05, 4.69) is 4.98 Å². The number of hydrogen-bond donors (Lipinski definition) is 1. The van der Waals surface area contributed by atoms with E-state index in [-0.39, 0.29) is 29.5 Å². The van der Waals surface area contributed by atoms with E-state index in [4.69, 9.17) is 4.74 Å². The Hall–Kier alpha value is -1.62. The van der Waals surface area contributed by atoms with Crippen LogP contribution in [0.15, 0.2) is 18.3 Å². The molecule has 1 atom stereocenters. The van der Waals surface area contributed by atoms with Crippen molar-refractivity contribution in [1.82, 2.24) is 9.88 Å². The Morgan fingerprint density at radius 1 is 1.55 bits per heavy atom. The van der Waals surface area contributed by atoms with E-state index < -0.39 is 0 Å². The SMILES string of the molecule is CC(C)N(C[C@H]1CCCCO1)C(=O)c1ncccc1O. The second kappa shape index (κ2) is 6.70. The van der Waals surface area contributed by atoms with Gasteiger partial charge in [-0.1, -0.05) is 0 Å². The highest BCUT2D eigenvalue weighted by molar-refractivity contribution is 5.95. The first-order valence-corrected chi connectivity index (χ1v) is 7.16. The number of amides is 1. The summed E-state index contributed by atoms with van der Waals surface area (Å²) in [5.41, 5.74) is 0.108. The summed E-state index contributed by atoms with van der Waals surface area (Å²) >= 11 is 0. The minimum absolute atomic E-state index is 0.0365. The number of hydrogen-bond acceptors (Lipinski definition) is 4. The number of ether oxygens (including phenoxy) is 1. The van der Waals surface area contributed by atoms with Crippen molar-refractivity contribution in [1.29, 1.82) is 0 Å². The Morgan fingerprint density at radius 2 is 2.35 bits per heavy atom. The fraction of sp³-hybridized carbons (Fsp3) is 0.600. The third-order valence-electron chi connectivity index (χ3n) is 3.55. The zero-order valence-corrected chi connectivity index (χ0v) is 12.1. The van der Waals surface area contributed by atoms with E-state index in [0.717, 1.165) is 25.9 Å². The second-order valence-electron chi connectivity index (χ2n) is 5.41. The fourth-order valence-corrected chi connectivity index (χ4v) is 2.40. The minimum atomic E-state index is -0.243. The molecule has 5 heteroatoms. The van der Waals surface area contributed by atoms with Crippen molar-refractivity contribution in [3.8, 4) is 5.75 Å². The average Bonchev–Trinajstić information content (AvgIpc) is 2.45. The predicted molar refractivity (Wildman–Crippen MR) is 75.7 cm³/mol. The van der Waals surface area contributed by atoms with Gasteiger partial charge in [0.2, 0.25) is 0 Å². The van der Waals surface area contributed by atoms with Crippen molar-refractivity contribution in [3.63, 3.8) is 0 Å². The number of carbonyl (C=O) groups is 1. The number of aromatic nitrogens is 1. The summed E-state index contributed by atoms with van der Waals surface area (Å²) in [6.07, 6.45) is 4.81. The summed E-state index contributed by atoms with van der Waals surface area (Å²) in [7, 11) is 0. The highest BCUT2D eigenvalue weighted by Gasteiger charge is 2.26. The zero-order chi connectivity index (χ0) is 14.5. The number of aromatic hydroxyl groups is 1. The maximum Gasteiger partial charge on any atom is 0.276 e. The molecule has 1 aliphatic heterocycles. The molecule has 1 saturated heterocycles. The first-order chi connectivity index (χ1) is 9.59. The molecule has 110 valence electrons. The summed E-state index contributed by atoms with van der Waals surface area (Å²) in [6, 6.07) is 3.13. The van der Waals surface area contributed by atoms with E-state index in [1.165, 1.54) is 12.3 Å². The summed E-state index contributed by atoms with van der Waals surface area (Å²) in [4.78, 5) is 18.2. The summed E-state index contributed by atoms with van der Waals surface area (Å²) in [5, 5.41) is 9.78. The Balaban J connectivity index is 2.11. The maximum absolute atomic E-state index is 12.5. The molecule has 1 aromatic rings. The van der Waals surface area contributed by atoms with Gasteiger partial charge < -0.3 is 14.7 Å². The third-order valence-corrected chi connectivity index (χ3v) is 3.55. The van der Waals surface area contributed by atoms with Gasteiger partial charge in [0.15, 0.2) is 5.69 Å². The molecular weight excluding hydrogens is 256 g/mol. The second-order valence-corrected chi connectivity index (χ2v) is 5.41. The highest BCUT2D eigenvalue weighted by atomic mass is 16.5. The molecule has 1 N–H and O–H groups in total. The Labute approximate surface area is 119 Å². The van der Waals surface area contributed by atoms with Gasteiger partial charge in [0.25, 0.3) is 5.91 Å². The van der Waals surface area contributed by atoms with Gasteiger partial charge in [-0.05, 0) is 45.2 Å². The molecule has 0 aliphatic carbocycles. The Kier molecular flexibility index (Phi) is 4.95. The zero-order valence-electron chi connectivity index (χ0n) is 12.1. The Bertz CT molecular complexity index is 456. The molecule has 0 aromatic carbocycles. The molecule has 5 nitrogen and oxygen atoms in total.